The summed E-state index contributed by atoms with van der Waals surface area (Å²) in [6.07, 6.45) is -0.105. The predicted octanol–water partition coefficient (Wildman–Crippen LogP) is 3.53. The molecule has 3 N–H and O–H groups in total. The minimum absolute atomic E-state index is 0.155. The van der Waals surface area contributed by atoms with Gasteiger partial charge in [0.15, 0.2) is 0 Å². The number of aryl methyl sites for hydroxylation is 1. The summed E-state index contributed by atoms with van der Waals surface area (Å²) in [5.41, 5.74) is -0.675. The molecular formula is C33H43F4N7O4. The molecule has 0 unspecified atom stereocenters. The lowest BCUT2D eigenvalue weighted by molar-refractivity contribution is -0.168. The molecular weight excluding hydrogens is 634 g/mol. The van der Waals surface area contributed by atoms with Crippen molar-refractivity contribution in [2.24, 2.45) is 17.8 Å². The molecule has 1 saturated heterocycles. The van der Waals surface area contributed by atoms with Gasteiger partial charge < -0.3 is 25.8 Å². The van der Waals surface area contributed by atoms with E-state index in [9.17, 15) is 32.3 Å². The Kier molecular flexibility index (Phi) is 10.8. The molecule has 4 amide bonds. The molecule has 15 heteroatoms. The third kappa shape index (κ3) is 8.16. The molecule has 1 aromatic carbocycles. The van der Waals surface area contributed by atoms with Crippen molar-refractivity contribution in [3.8, 4) is 0 Å². The monoisotopic (exact) mass is 677 g/mol. The van der Waals surface area contributed by atoms with Crippen molar-refractivity contribution in [2.45, 2.75) is 76.7 Å². The molecule has 262 valence electrons. The fourth-order valence-electron chi connectivity index (χ4n) is 6.61. The molecule has 5 rings (SSSR count). The number of likely N-dealkylation sites (N-methyl/N-ethyl adjacent to an activating group) is 1. The Hall–Kier alpha value is -4.01. The van der Waals surface area contributed by atoms with Gasteiger partial charge in [-0.2, -0.15) is 18.3 Å². The van der Waals surface area contributed by atoms with Crippen LogP contribution in [0, 0.1) is 23.6 Å². The normalized spacial score (nSPS) is 19.0. The minimum Gasteiger partial charge on any atom is -0.343 e. The maximum absolute atomic E-state index is 15.7. The molecule has 2 aromatic rings. The SMILES string of the molecule is CCC(=O)N[C@H](C(=O)N1CCN(C)CC1)[C@H](c1ccc(NC(=O)[C@@H](NC(=O)c2ccnn2CC)C(C2CC2)C2CC2)c(F)c1)C(F)(F)F. The van der Waals surface area contributed by atoms with Crippen molar-refractivity contribution in [1.82, 2.24) is 30.2 Å². The van der Waals surface area contributed by atoms with Crippen LogP contribution in [0.2, 0.25) is 0 Å². The van der Waals surface area contributed by atoms with E-state index in [2.05, 4.69) is 21.0 Å². The Morgan fingerprint density at radius 1 is 0.938 bits per heavy atom. The molecule has 2 saturated carbocycles. The third-order valence-electron chi connectivity index (χ3n) is 9.55. The molecule has 11 nitrogen and oxygen atoms in total. The summed E-state index contributed by atoms with van der Waals surface area (Å²) in [6.45, 7) is 4.97. The molecule has 3 aliphatic rings. The van der Waals surface area contributed by atoms with Crippen molar-refractivity contribution in [2.75, 3.05) is 38.5 Å². The third-order valence-corrected chi connectivity index (χ3v) is 9.55. The van der Waals surface area contributed by atoms with Gasteiger partial charge in [-0.05, 0) is 81.2 Å². The number of nitrogens with zero attached hydrogens (tertiary/aromatic N) is 4. The van der Waals surface area contributed by atoms with Gasteiger partial charge >= 0.3 is 6.18 Å². The Morgan fingerprint density at radius 2 is 1.58 bits per heavy atom. The Bertz CT molecular complexity index is 1490. The summed E-state index contributed by atoms with van der Waals surface area (Å²) in [7, 11) is 1.83. The molecule has 1 aromatic heterocycles. The summed E-state index contributed by atoms with van der Waals surface area (Å²) in [5.74, 6) is -6.27. The number of anilines is 1. The number of halogens is 4. The van der Waals surface area contributed by atoms with E-state index < -0.39 is 59.2 Å². The van der Waals surface area contributed by atoms with Crippen molar-refractivity contribution in [1.29, 1.82) is 0 Å². The minimum atomic E-state index is -5.03. The number of piperazine rings is 1. The van der Waals surface area contributed by atoms with Crippen LogP contribution in [0.25, 0.3) is 0 Å². The van der Waals surface area contributed by atoms with Crippen molar-refractivity contribution < 1.29 is 36.7 Å². The van der Waals surface area contributed by atoms with Gasteiger partial charge in [0.2, 0.25) is 17.7 Å². The van der Waals surface area contributed by atoms with Crippen LogP contribution in [0.4, 0.5) is 23.2 Å². The van der Waals surface area contributed by atoms with Gasteiger partial charge in [0.05, 0.1) is 5.69 Å². The summed E-state index contributed by atoms with van der Waals surface area (Å²) >= 11 is 0. The molecule has 48 heavy (non-hydrogen) atoms. The Balaban J connectivity index is 1.41. The van der Waals surface area contributed by atoms with Crippen LogP contribution in [-0.4, -0.2) is 94.7 Å². The van der Waals surface area contributed by atoms with Gasteiger partial charge in [-0.3, -0.25) is 23.9 Å². The molecule has 0 spiro atoms. The molecule has 1 aliphatic heterocycles. The first kappa shape index (κ1) is 35.3. The van der Waals surface area contributed by atoms with E-state index in [1.165, 1.54) is 28.8 Å². The van der Waals surface area contributed by atoms with E-state index in [1.54, 1.807) is 0 Å². The van der Waals surface area contributed by atoms with Gasteiger partial charge in [0.1, 0.15) is 29.5 Å². The maximum atomic E-state index is 15.7. The quantitative estimate of drug-likeness (QED) is 0.279. The molecule has 2 heterocycles. The lowest BCUT2D eigenvalue weighted by Crippen LogP contribution is -2.57. The molecule has 0 radical (unpaired) electrons. The Labute approximate surface area is 276 Å². The second-order valence-electron chi connectivity index (χ2n) is 13.0. The molecule has 3 fully saturated rings. The number of alkyl halides is 3. The number of benzene rings is 1. The number of hydrogen-bond donors (Lipinski definition) is 3. The number of rotatable bonds is 13. The van der Waals surface area contributed by atoms with Crippen LogP contribution >= 0.6 is 0 Å². The lowest BCUT2D eigenvalue weighted by Gasteiger charge is -2.37. The Morgan fingerprint density at radius 3 is 2.12 bits per heavy atom. The number of nitrogens with one attached hydrogen (secondary N) is 3. The molecule has 3 atom stereocenters. The second-order valence-corrected chi connectivity index (χ2v) is 13.0. The topological polar surface area (TPSA) is 129 Å². The number of hydrogen-bond acceptors (Lipinski definition) is 6. The smallest absolute Gasteiger partial charge is 0.343 e. The van der Waals surface area contributed by atoms with E-state index in [0.29, 0.717) is 25.7 Å². The fourth-order valence-corrected chi connectivity index (χ4v) is 6.61. The maximum Gasteiger partial charge on any atom is 0.398 e. The van der Waals surface area contributed by atoms with E-state index in [4.69, 9.17) is 0 Å². The number of aromatic nitrogens is 2. The zero-order valence-electron chi connectivity index (χ0n) is 27.4. The summed E-state index contributed by atoms with van der Waals surface area (Å²) in [6, 6.07) is 1.18. The highest BCUT2D eigenvalue weighted by Gasteiger charge is 2.51. The standard InChI is InChI=1S/C33H43F4N7O4/c1-4-25(45)40-29(32(48)43-16-14-42(3)15-17-43)27(33(35,36)37)21-10-11-23(22(34)18-21)39-31(47)28(26(19-6-7-19)20-8-9-20)41-30(46)24-12-13-38-44(24)5-2/h10-13,18-20,26-29H,4-9,14-17H2,1-3H3,(H,39,47)(H,40,45)(H,41,46)/t27-,28-,29-/m0/s1. The predicted molar refractivity (Wildman–Crippen MR) is 168 cm³/mol. The van der Waals surface area contributed by atoms with Gasteiger partial charge in [0.25, 0.3) is 5.91 Å². The van der Waals surface area contributed by atoms with E-state index in [-0.39, 0.29) is 48.6 Å². The van der Waals surface area contributed by atoms with Crippen LogP contribution in [0.15, 0.2) is 30.5 Å². The van der Waals surface area contributed by atoms with Crippen LogP contribution < -0.4 is 16.0 Å². The van der Waals surface area contributed by atoms with E-state index in [1.807, 2.05) is 18.9 Å². The first-order valence-electron chi connectivity index (χ1n) is 16.6. The van der Waals surface area contributed by atoms with Crippen LogP contribution in [0.3, 0.4) is 0 Å². The van der Waals surface area contributed by atoms with Crippen LogP contribution in [0.1, 0.15) is 67.9 Å². The van der Waals surface area contributed by atoms with Crippen molar-refractivity contribution >= 4 is 29.3 Å². The summed E-state index contributed by atoms with van der Waals surface area (Å²) in [4.78, 5) is 56.1. The molecule has 2 aliphatic carbocycles. The van der Waals surface area contributed by atoms with Gasteiger partial charge in [0, 0.05) is 45.3 Å². The highest BCUT2D eigenvalue weighted by molar-refractivity contribution is 6.01. The van der Waals surface area contributed by atoms with Gasteiger partial charge in [-0.15, -0.1) is 0 Å². The fraction of sp³-hybridized carbons (Fsp3) is 0.606. The largest absolute Gasteiger partial charge is 0.398 e. The van der Waals surface area contributed by atoms with Crippen molar-refractivity contribution in [3.63, 3.8) is 0 Å². The second kappa shape index (κ2) is 14.6. The van der Waals surface area contributed by atoms with E-state index >= 15 is 4.39 Å². The zero-order chi connectivity index (χ0) is 34.7. The first-order chi connectivity index (χ1) is 22.8. The van der Waals surface area contributed by atoms with Gasteiger partial charge in [-0.25, -0.2) is 4.39 Å². The average molecular weight is 678 g/mol. The van der Waals surface area contributed by atoms with Crippen LogP contribution in [-0.2, 0) is 20.9 Å². The highest BCUT2D eigenvalue weighted by Crippen LogP contribution is 2.51. The molecule has 0 bridgehead atoms. The zero-order valence-corrected chi connectivity index (χ0v) is 27.4. The summed E-state index contributed by atoms with van der Waals surface area (Å²) < 4.78 is 61.3. The number of amides is 4. The lowest BCUT2D eigenvalue weighted by atomic mass is 9.88. The number of carbonyl (C=O) groups is 4. The van der Waals surface area contributed by atoms with E-state index in [0.717, 1.165) is 37.8 Å². The number of carbonyl (C=O) groups excluding carboxylic acids is 4. The first-order valence-corrected chi connectivity index (χ1v) is 16.6. The average Bonchev–Trinajstić information content (AvgIpc) is 4.00. The van der Waals surface area contributed by atoms with Crippen molar-refractivity contribution in [3.05, 3.63) is 47.5 Å². The van der Waals surface area contributed by atoms with Crippen LogP contribution in [0.5, 0.6) is 0 Å². The highest BCUT2D eigenvalue weighted by atomic mass is 19.4. The van der Waals surface area contributed by atoms with Gasteiger partial charge in [-0.1, -0.05) is 13.0 Å². The summed E-state index contributed by atoms with van der Waals surface area (Å²) in [5, 5.41) is 11.7.